The molecule has 0 aliphatic carbocycles. The topological polar surface area (TPSA) is 110 Å². The van der Waals surface area contributed by atoms with Crippen LogP contribution in [-0.4, -0.2) is 27.4 Å². The van der Waals surface area contributed by atoms with Gasteiger partial charge in [-0.15, -0.1) is 0 Å². The summed E-state index contributed by atoms with van der Waals surface area (Å²) in [7, 11) is 0. The van der Waals surface area contributed by atoms with E-state index < -0.39 is 22.3 Å². The van der Waals surface area contributed by atoms with Crippen LogP contribution in [0, 0.1) is 10.1 Å². The number of carboxylic acid groups (broad SMARTS) is 1. The molecule has 7 heteroatoms. The molecule has 0 unspecified atom stereocenters. The molecule has 102 valence electrons. The third kappa shape index (κ3) is 3.77. The molecule has 0 radical (unpaired) electrons. The number of aliphatic carboxylic acids is 1. The van der Waals surface area contributed by atoms with E-state index in [0.29, 0.717) is 5.56 Å². The van der Waals surface area contributed by atoms with E-state index in [9.17, 15) is 19.7 Å². The number of carbonyl (C=O) groups excluding carboxylic acids is 1. The summed E-state index contributed by atoms with van der Waals surface area (Å²) in [6.45, 7) is 2.62. The lowest BCUT2D eigenvalue weighted by Crippen LogP contribution is -2.53. The molecule has 1 amide bonds. The zero-order valence-electron chi connectivity index (χ0n) is 10.5. The van der Waals surface area contributed by atoms with Gasteiger partial charge < -0.3 is 10.4 Å². The predicted molar refractivity (Wildman–Crippen MR) is 66.7 cm³/mol. The van der Waals surface area contributed by atoms with Crippen LogP contribution in [0.4, 0.5) is 5.69 Å². The zero-order valence-corrected chi connectivity index (χ0v) is 10.5. The van der Waals surface area contributed by atoms with Crippen LogP contribution in [0.5, 0.6) is 0 Å². The van der Waals surface area contributed by atoms with Crippen molar-refractivity contribution in [1.82, 2.24) is 5.32 Å². The van der Waals surface area contributed by atoms with Gasteiger partial charge in [-0.3, -0.25) is 14.9 Å². The second kappa shape index (κ2) is 5.47. The van der Waals surface area contributed by atoms with Crippen molar-refractivity contribution in [3.05, 3.63) is 39.9 Å². The second-order valence-electron chi connectivity index (χ2n) is 4.42. The average molecular weight is 266 g/mol. The molecule has 0 saturated carbocycles. The molecule has 0 aliphatic heterocycles. The summed E-state index contributed by atoms with van der Waals surface area (Å²) in [4.78, 5) is 32.2. The average Bonchev–Trinajstić information content (AvgIpc) is 2.28. The first-order valence-corrected chi connectivity index (χ1v) is 5.50. The van der Waals surface area contributed by atoms with Crippen LogP contribution < -0.4 is 5.32 Å². The third-order valence-corrected chi connectivity index (χ3v) is 2.63. The Kier molecular flexibility index (Phi) is 4.21. The number of amides is 1. The SMILES string of the molecule is CC(=O)N[C@@](C)(Cc1ccc([N+](=O)[O-])cc1)C(=O)O. The summed E-state index contributed by atoms with van der Waals surface area (Å²) < 4.78 is 0. The fourth-order valence-electron chi connectivity index (χ4n) is 1.71. The van der Waals surface area contributed by atoms with Crippen molar-refractivity contribution in [3.8, 4) is 0 Å². The first kappa shape index (κ1) is 14.6. The first-order chi connectivity index (χ1) is 8.74. The summed E-state index contributed by atoms with van der Waals surface area (Å²) in [6.07, 6.45) is 0.0416. The Bertz CT molecular complexity index is 511. The highest BCUT2D eigenvalue weighted by Gasteiger charge is 2.34. The van der Waals surface area contributed by atoms with Crippen molar-refractivity contribution in [3.63, 3.8) is 0 Å². The van der Waals surface area contributed by atoms with Gasteiger partial charge in [0, 0.05) is 25.5 Å². The van der Waals surface area contributed by atoms with E-state index in [1.807, 2.05) is 0 Å². The number of benzene rings is 1. The fraction of sp³-hybridized carbons (Fsp3) is 0.333. The van der Waals surface area contributed by atoms with Gasteiger partial charge in [0.05, 0.1) is 4.92 Å². The Hall–Kier alpha value is -2.44. The van der Waals surface area contributed by atoms with Crippen molar-refractivity contribution in [1.29, 1.82) is 0 Å². The monoisotopic (exact) mass is 266 g/mol. The molecule has 2 N–H and O–H groups in total. The van der Waals surface area contributed by atoms with E-state index in [1.165, 1.54) is 38.1 Å². The highest BCUT2D eigenvalue weighted by Crippen LogP contribution is 2.17. The summed E-state index contributed by atoms with van der Waals surface area (Å²) >= 11 is 0. The molecular weight excluding hydrogens is 252 g/mol. The Balaban J connectivity index is 2.94. The summed E-state index contributed by atoms with van der Waals surface area (Å²) in [5, 5.41) is 22.0. The minimum atomic E-state index is -1.44. The largest absolute Gasteiger partial charge is 0.480 e. The number of carboxylic acids is 1. The van der Waals surface area contributed by atoms with Gasteiger partial charge in [-0.2, -0.15) is 0 Å². The maximum Gasteiger partial charge on any atom is 0.329 e. The van der Waals surface area contributed by atoms with Crippen molar-refractivity contribution in [2.24, 2.45) is 0 Å². The normalized spacial score (nSPS) is 13.4. The van der Waals surface area contributed by atoms with Gasteiger partial charge in [0.15, 0.2) is 0 Å². The van der Waals surface area contributed by atoms with Crippen molar-refractivity contribution in [2.75, 3.05) is 0 Å². The number of nitro benzene ring substituents is 1. The molecule has 0 bridgehead atoms. The molecule has 0 saturated heterocycles. The number of non-ortho nitro benzene ring substituents is 1. The van der Waals surface area contributed by atoms with Crippen LogP contribution in [0.25, 0.3) is 0 Å². The minimum Gasteiger partial charge on any atom is -0.480 e. The number of hydrogen-bond acceptors (Lipinski definition) is 4. The van der Waals surface area contributed by atoms with Gasteiger partial charge in [-0.25, -0.2) is 4.79 Å². The lowest BCUT2D eigenvalue weighted by Gasteiger charge is -2.25. The lowest BCUT2D eigenvalue weighted by atomic mass is 9.92. The minimum absolute atomic E-state index is 0.0416. The van der Waals surface area contributed by atoms with E-state index >= 15 is 0 Å². The smallest absolute Gasteiger partial charge is 0.329 e. The molecule has 0 fully saturated rings. The molecule has 0 aliphatic rings. The first-order valence-electron chi connectivity index (χ1n) is 5.50. The van der Waals surface area contributed by atoms with Crippen LogP contribution in [0.1, 0.15) is 19.4 Å². The van der Waals surface area contributed by atoms with E-state index in [1.54, 1.807) is 0 Å². The number of carbonyl (C=O) groups is 2. The predicted octanol–water partition coefficient (Wildman–Crippen LogP) is 1.12. The number of rotatable bonds is 5. The van der Waals surface area contributed by atoms with Crippen LogP contribution in [0.15, 0.2) is 24.3 Å². The Morgan fingerprint density at radius 1 is 1.37 bits per heavy atom. The fourth-order valence-corrected chi connectivity index (χ4v) is 1.71. The Labute approximate surface area is 109 Å². The molecule has 7 nitrogen and oxygen atoms in total. The zero-order chi connectivity index (χ0) is 14.6. The highest BCUT2D eigenvalue weighted by molar-refractivity contribution is 5.85. The number of hydrogen-bond donors (Lipinski definition) is 2. The molecule has 19 heavy (non-hydrogen) atoms. The molecule has 1 aromatic carbocycles. The van der Waals surface area contributed by atoms with Crippen LogP contribution in [-0.2, 0) is 16.0 Å². The molecule has 1 atom stereocenters. The molecule has 0 spiro atoms. The molecular formula is C12H14N2O5. The van der Waals surface area contributed by atoms with Gasteiger partial charge in [-0.05, 0) is 12.5 Å². The van der Waals surface area contributed by atoms with Crippen molar-refractivity contribution in [2.45, 2.75) is 25.8 Å². The number of nitrogens with one attached hydrogen (secondary N) is 1. The standard InChI is InChI=1S/C12H14N2O5/c1-8(15)13-12(2,11(16)17)7-9-3-5-10(6-4-9)14(18)19/h3-6H,7H2,1-2H3,(H,13,15)(H,16,17)/t12-/m0/s1. The summed E-state index contributed by atoms with van der Waals surface area (Å²) in [5.41, 5.74) is -0.924. The maximum absolute atomic E-state index is 11.2. The van der Waals surface area contributed by atoms with Gasteiger partial charge in [-0.1, -0.05) is 12.1 Å². The van der Waals surface area contributed by atoms with E-state index in [4.69, 9.17) is 5.11 Å². The second-order valence-corrected chi connectivity index (χ2v) is 4.42. The Morgan fingerprint density at radius 3 is 2.26 bits per heavy atom. The summed E-state index contributed by atoms with van der Waals surface area (Å²) in [5.74, 6) is -1.62. The molecule has 0 heterocycles. The third-order valence-electron chi connectivity index (χ3n) is 2.63. The van der Waals surface area contributed by atoms with Gasteiger partial charge in [0.25, 0.3) is 5.69 Å². The van der Waals surface area contributed by atoms with Crippen molar-refractivity contribution >= 4 is 17.6 Å². The summed E-state index contributed by atoms with van der Waals surface area (Å²) in [6, 6.07) is 5.54. The number of nitrogens with zero attached hydrogens (tertiary/aromatic N) is 1. The van der Waals surface area contributed by atoms with Crippen molar-refractivity contribution < 1.29 is 19.6 Å². The number of nitro groups is 1. The van der Waals surface area contributed by atoms with E-state index in [-0.39, 0.29) is 12.1 Å². The highest BCUT2D eigenvalue weighted by atomic mass is 16.6. The quantitative estimate of drug-likeness (QED) is 0.613. The molecule has 0 aromatic heterocycles. The van der Waals surface area contributed by atoms with Crippen LogP contribution >= 0.6 is 0 Å². The Morgan fingerprint density at radius 2 is 1.89 bits per heavy atom. The lowest BCUT2D eigenvalue weighted by molar-refractivity contribution is -0.384. The van der Waals surface area contributed by atoms with E-state index in [0.717, 1.165) is 0 Å². The van der Waals surface area contributed by atoms with Crippen LogP contribution in [0.3, 0.4) is 0 Å². The molecule has 1 rings (SSSR count). The molecule has 1 aromatic rings. The van der Waals surface area contributed by atoms with Crippen LogP contribution in [0.2, 0.25) is 0 Å². The van der Waals surface area contributed by atoms with E-state index in [2.05, 4.69) is 5.32 Å². The van der Waals surface area contributed by atoms with Gasteiger partial charge >= 0.3 is 5.97 Å². The maximum atomic E-state index is 11.2. The van der Waals surface area contributed by atoms with Gasteiger partial charge in [0.1, 0.15) is 5.54 Å². The van der Waals surface area contributed by atoms with Gasteiger partial charge in [0.2, 0.25) is 5.91 Å².